The Hall–Kier alpha value is -1.30. The number of carbonyl (C=O) groups excluding carboxylic acids is 1. The van der Waals surface area contributed by atoms with Gasteiger partial charge in [0, 0.05) is 45.3 Å². The van der Waals surface area contributed by atoms with Crippen LogP contribution in [0.4, 0.5) is 4.79 Å². The second kappa shape index (κ2) is 5.60. The smallest absolute Gasteiger partial charge is 0.407 e. The topological polar surface area (TPSA) is 64.1 Å². The molecular weight excluding hydrogens is 258 g/mol. The summed E-state index contributed by atoms with van der Waals surface area (Å²) in [6.07, 6.45) is 4.09. The molecule has 0 aromatic carbocycles. The Morgan fingerprint density at radius 1 is 0.900 bits per heavy atom. The minimum Gasteiger partial charge on any atom is -0.465 e. The summed E-state index contributed by atoms with van der Waals surface area (Å²) in [4.78, 5) is 28.9. The number of carboxylic acid groups (broad SMARTS) is 1. The molecule has 0 spiro atoms. The summed E-state index contributed by atoms with van der Waals surface area (Å²) in [5.41, 5.74) is 0. The van der Waals surface area contributed by atoms with E-state index >= 15 is 0 Å². The molecule has 2 amide bonds. The molecule has 0 aromatic rings. The van der Waals surface area contributed by atoms with Gasteiger partial charge in [0.15, 0.2) is 0 Å². The highest BCUT2D eigenvalue weighted by atomic mass is 16.4. The van der Waals surface area contributed by atoms with E-state index in [1.807, 2.05) is 4.90 Å². The van der Waals surface area contributed by atoms with Gasteiger partial charge in [-0.3, -0.25) is 9.69 Å². The zero-order valence-corrected chi connectivity index (χ0v) is 11.8. The molecule has 3 fully saturated rings. The second-order valence-electron chi connectivity index (χ2n) is 6.18. The highest BCUT2D eigenvalue weighted by molar-refractivity contribution is 5.82. The third kappa shape index (κ3) is 2.61. The van der Waals surface area contributed by atoms with Crippen LogP contribution in [-0.4, -0.2) is 77.1 Å². The van der Waals surface area contributed by atoms with E-state index in [-0.39, 0.29) is 11.8 Å². The molecule has 0 bridgehead atoms. The van der Waals surface area contributed by atoms with Crippen molar-refractivity contribution in [3.8, 4) is 0 Å². The van der Waals surface area contributed by atoms with Gasteiger partial charge >= 0.3 is 6.09 Å². The first-order valence-electron chi connectivity index (χ1n) is 7.66. The summed E-state index contributed by atoms with van der Waals surface area (Å²) in [6.45, 7) is 4.45. The fraction of sp³-hybridized carbons (Fsp3) is 0.857. The molecule has 20 heavy (non-hydrogen) atoms. The number of rotatable bonds is 2. The summed E-state index contributed by atoms with van der Waals surface area (Å²) in [5, 5.41) is 8.81. The van der Waals surface area contributed by atoms with Crippen LogP contribution in [0.5, 0.6) is 0 Å². The van der Waals surface area contributed by atoms with Gasteiger partial charge in [-0.25, -0.2) is 4.79 Å². The molecule has 1 N–H and O–H groups in total. The molecule has 3 aliphatic rings. The molecule has 0 atom stereocenters. The molecule has 3 rings (SSSR count). The van der Waals surface area contributed by atoms with Gasteiger partial charge in [0.05, 0.1) is 5.92 Å². The Morgan fingerprint density at radius 2 is 1.65 bits per heavy atom. The quantitative estimate of drug-likeness (QED) is 0.808. The van der Waals surface area contributed by atoms with Crippen LogP contribution in [0.3, 0.4) is 0 Å². The van der Waals surface area contributed by atoms with Gasteiger partial charge in [0.25, 0.3) is 0 Å². The Morgan fingerprint density at radius 3 is 2.25 bits per heavy atom. The van der Waals surface area contributed by atoms with Gasteiger partial charge in [-0.2, -0.15) is 0 Å². The second-order valence-corrected chi connectivity index (χ2v) is 6.18. The number of nitrogens with zero attached hydrogens (tertiary/aromatic N) is 3. The Balaban J connectivity index is 1.48. The molecule has 1 saturated carbocycles. The van der Waals surface area contributed by atoms with Crippen LogP contribution in [-0.2, 0) is 4.79 Å². The predicted octanol–water partition coefficient (Wildman–Crippen LogP) is 0.683. The third-order valence-corrected chi connectivity index (χ3v) is 4.93. The molecular formula is C14H23N3O3. The molecule has 2 saturated heterocycles. The molecule has 2 aliphatic heterocycles. The van der Waals surface area contributed by atoms with Crippen molar-refractivity contribution in [2.75, 3.05) is 39.3 Å². The maximum Gasteiger partial charge on any atom is 0.407 e. The molecule has 6 nitrogen and oxygen atoms in total. The van der Waals surface area contributed by atoms with E-state index in [2.05, 4.69) is 4.90 Å². The molecule has 0 unspecified atom stereocenters. The maximum absolute atomic E-state index is 12.3. The highest BCUT2D eigenvalue weighted by Crippen LogP contribution is 2.26. The Labute approximate surface area is 119 Å². The van der Waals surface area contributed by atoms with Gasteiger partial charge in [0.2, 0.25) is 5.91 Å². The average Bonchev–Trinajstić information content (AvgIpc) is 2.50. The summed E-state index contributed by atoms with van der Waals surface area (Å²) in [7, 11) is 0. The van der Waals surface area contributed by atoms with Gasteiger partial charge in [-0.05, 0) is 19.3 Å². The van der Waals surface area contributed by atoms with Crippen molar-refractivity contribution < 1.29 is 14.7 Å². The summed E-state index contributed by atoms with van der Waals surface area (Å²) in [6, 6.07) is 0.747. The first kappa shape index (κ1) is 13.7. The first-order chi connectivity index (χ1) is 9.65. The predicted molar refractivity (Wildman–Crippen MR) is 73.5 cm³/mol. The molecule has 6 heteroatoms. The lowest BCUT2D eigenvalue weighted by Crippen LogP contribution is -2.56. The third-order valence-electron chi connectivity index (χ3n) is 4.93. The van der Waals surface area contributed by atoms with Crippen molar-refractivity contribution in [1.82, 2.24) is 14.7 Å². The number of amides is 2. The average molecular weight is 281 g/mol. The lowest BCUT2D eigenvalue weighted by atomic mass is 9.91. The SMILES string of the molecule is O=C(O)N1CC(C(=O)N2CCCN(C3CCC3)CC2)C1. The zero-order chi connectivity index (χ0) is 14.1. The van der Waals surface area contributed by atoms with Crippen LogP contribution < -0.4 is 0 Å². The van der Waals surface area contributed by atoms with Crippen molar-refractivity contribution in [3.63, 3.8) is 0 Å². The number of likely N-dealkylation sites (tertiary alicyclic amines) is 1. The maximum atomic E-state index is 12.3. The monoisotopic (exact) mass is 281 g/mol. The van der Waals surface area contributed by atoms with Crippen molar-refractivity contribution >= 4 is 12.0 Å². The van der Waals surface area contributed by atoms with E-state index < -0.39 is 6.09 Å². The highest BCUT2D eigenvalue weighted by Gasteiger charge is 2.38. The summed E-state index contributed by atoms with van der Waals surface area (Å²) < 4.78 is 0. The number of hydrogen-bond donors (Lipinski definition) is 1. The van der Waals surface area contributed by atoms with E-state index in [1.54, 1.807) is 0 Å². The number of carbonyl (C=O) groups is 2. The molecule has 112 valence electrons. The van der Waals surface area contributed by atoms with Crippen LogP contribution >= 0.6 is 0 Å². The van der Waals surface area contributed by atoms with E-state index in [9.17, 15) is 9.59 Å². The van der Waals surface area contributed by atoms with Crippen molar-refractivity contribution in [1.29, 1.82) is 0 Å². The summed E-state index contributed by atoms with van der Waals surface area (Å²) in [5.74, 6) is 0.0410. The zero-order valence-electron chi connectivity index (χ0n) is 11.8. The largest absolute Gasteiger partial charge is 0.465 e. The van der Waals surface area contributed by atoms with E-state index in [4.69, 9.17) is 5.11 Å². The summed E-state index contributed by atoms with van der Waals surface area (Å²) >= 11 is 0. The van der Waals surface area contributed by atoms with Crippen LogP contribution in [0.15, 0.2) is 0 Å². The first-order valence-corrected chi connectivity index (χ1v) is 7.66. The molecule has 1 aliphatic carbocycles. The van der Waals surface area contributed by atoms with Crippen LogP contribution in [0, 0.1) is 5.92 Å². The minimum absolute atomic E-state index is 0.110. The van der Waals surface area contributed by atoms with Gasteiger partial charge in [-0.15, -0.1) is 0 Å². The van der Waals surface area contributed by atoms with Crippen molar-refractivity contribution in [3.05, 3.63) is 0 Å². The van der Waals surface area contributed by atoms with Crippen molar-refractivity contribution in [2.45, 2.75) is 31.7 Å². The number of hydrogen-bond acceptors (Lipinski definition) is 3. The lowest BCUT2D eigenvalue weighted by molar-refractivity contribution is -0.139. The fourth-order valence-electron chi connectivity index (χ4n) is 3.32. The van der Waals surface area contributed by atoms with Crippen LogP contribution in [0.25, 0.3) is 0 Å². The fourth-order valence-corrected chi connectivity index (χ4v) is 3.32. The van der Waals surface area contributed by atoms with E-state index in [0.717, 1.165) is 38.6 Å². The van der Waals surface area contributed by atoms with Crippen LogP contribution in [0.1, 0.15) is 25.7 Å². The lowest BCUT2D eigenvalue weighted by Gasteiger charge is -2.39. The van der Waals surface area contributed by atoms with Gasteiger partial charge in [0.1, 0.15) is 0 Å². The Kier molecular flexibility index (Phi) is 3.83. The standard InChI is InChI=1S/C14H23N3O3/c18-13(11-9-17(10-11)14(19)20)16-6-2-5-15(7-8-16)12-3-1-4-12/h11-12H,1-10H2,(H,19,20). The molecule has 0 radical (unpaired) electrons. The normalized spacial score (nSPS) is 25.8. The van der Waals surface area contributed by atoms with Crippen molar-refractivity contribution in [2.24, 2.45) is 5.92 Å². The van der Waals surface area contributed by atoms with E-state index in [1.165, 1.54) is 24.2 Å². The molecule has 0 aromatic heterocycles. The van der Waals surface area contributed by atoms with E-state index in [0.29, 0.717) is 13.1 Å². The van der Waals surface area contributed by atoms with Gasteiger partial charge < -0.3 is 14.9 Å². The minimum atomic E-state index is -0.916. The molecule has 2 heterocycles. The Bertz CT molecular complexity index is 391. The van der Waals surface area contributed by atoms with Gasteiger partial charge in [-0.1, -0.05) is 6.42 Å². The van der Waals surface area contributed by atoms with Crippen LogP contribution in [0.2, 0.25) is 0 Å².